The number of carbonyl (C=O) groups is 1. The number of rotatable bonds is 10. The molecule has 0 atom stereocenters. The number of anilines is 1. The van der Waals surface area contributed by atoms with Crippen molar-refractivity contribution in [3.8, 4) is 0 Å². The van der Waals surface area contributed by atoms with Crippen molar-refractivity contribution in [2.24, 2.45) is 10.2 Å². The van der Waals surface area contributed by atoms with Gasteiger partial charge in [0.15, 0.2) is 9.84 Å². The maximum Gasteiger partial charge on any atom is 0.397 e. The van der Waals surface area contributed by atoms with Gasteiger partial charge in [-0.15, -0.1) is 5.11 Å². The Hall–Kier alpha value is -2.96. The predicted octanol–water partition coefficient (Wildman–Crippen LogP) is 1.68. The van der Waals surface area contributed by atoms with Crippen molar-refractivity contribution < 1.29 is 48.4 Å². The molecule has 0 aromatic heterocycles. The van der Waals surface area contributed by atoms with Crippen LogP contribution in [0.3, 0.4) is 0 Å². The second-order valence-electron chi connectivity index (χ2n) is 6.16. The van der Waals surface area contributed by atoms with Crippen LogP contribution in [0.4, 0.5) is 17.1 Å². The van der Waals surface area contributed by atoms with Crippen LogP contribution >= 0.6 is 0 Å². The van der Waals surface area contributed by atoms with Crippen molar-refractivity contribution >= 4 is 53.4 Å². The summed E-state index contributed by atoms with van der Waals surface area (Å²) >= 11 is 0. The topological polar surface area (TPSA) is 226 Å². The number of carboxylic acids is 1. The summed E-state index contributed by atoms with van der Waals surface area (Å²) in [6, 6.07) is 6.27. The minimum atomic E-state index is -4.85. The first kappa shape index (κ1) is 26.3. The molecule has 17 heteroatoms. The molecule has 0 spiro atoms. The maximum atomic E-state index is 12.4. The minimum absolute atomic E-state index is 0.0582. The standard InChI is InChI=1S/C16H17N3O11S3/c1-17-13-5-2-10(8-15(13)32(24,25)26)18-19-14-9-11(3-4-12(14)16(20)21)31(22,23)7-6-30-33(27,28)29/h2-5,8-9,17H,6-7H2,1H3,(H,20,21)(H,24,25,26)(H,27,28,29). The van der Waals surface area contributed by atoms with E-state index < -0.39 is 69.7 Å². The lowest BCUT2D eigenvalue weighted by atomic mass is 10.2. The summed E-state index contributed by atoms with van der Waals surface area (Å²) in [6.07, 6.45) is 0. The smallest absolute Gasteiger partial charge is 0.397 e. The Bertz CT molecular complexity index is 1420. The lowest BCUT2D eigenvalue weighted by Crippen LogP contribution is -2.15. The third-order valence-electron chi connectivity index (χ3n) is 3.93. The lowest BCUT2D eigenvalue weighted by Gasteiger charge is -2.08. The van der Waals surface area contributed by atoms with Crippen LogP contribution in [0.15, 0.2) is 56.4 Å². The highest BCUT2D eigenvalue weighted by Crippen LogP contribution is 2.30. The van der Waals surface area contributed by atoms with Crippen LogP contribution in [0.1, 0.15) is 10.4 Å². The number of nitrogens with zero attached hydrogens (tertiary/aromatic N) is 2. The first-order valence-electron chi connectivity index (χ1n) is 8.57. The van der Waals surface area contributed by atoms with Gasteiger partial charge in [-0.3, -0.25) is 9.11 Å². The maximum absolute atomic E-state index is 12.4. The molecule has 0 aliphatic carbocycles. The summed E-state index contributed by atoms with van der Waals surface area (Å²) in [5, 5.41) is 19.3. The summed E-state index contributed by atoms with van der Waals surface area (Å²) in [5.74, 6) is -2.33. The third-order valence-corrected chi connectivity index (χ3v) is 6.96. The molecule has 0 aliphatic heterocycles. The van der Waals surface area contributed by atoms with Crippen molar-refractivity contribution in [1.82, 2.24) is 0 Å². The summed E-state index contributed by atoms with van der Waals surface area (Å²) < 4.78 is 90.7. The van der Waals surface area contributed by atoms with Crippen LogP contribution in [0.2, 0.25) is 0 Å². The van der Waals surface area contributed by atoms with Crippen molar-refractivity contribution in [2.45, 2.75) is 9.79 Å². The van der Waals surface area contributed by atoms with Gasteiger partial charge in [0.25, 0.3) is 10.1 Å². The van der Waals surface area contributed by atoms with Crippen molar-refractivity contribution in [1.29, 1.82) is 0 Å². The Morgan fingerprint density at radius 3 is 2.21 bits per heavy atom. The zero-order valence-electron chi connectivity index (χ0n) is 16.6. The van der Waals surface area contributed by atoms with Crippen molar-refractivity contribution in [3.63, 3.8) is 0 Å². The molecule has 180 valence electrons. The van der Waals surface area contributed by atoms with Gasteiger partial charge in [-0.1, -0.05) is 0 Å². The van der Waals surface area contributed by atoms with Crippen LogP contribution < -0.4 is 5.32 Å². The number of hydrogen-bond acceptors (Lipinski definition) is 11. The molecule has 0 saturated heterocycles. The fourth-order valence-corrected chi connectivity index (χ4v) is 4.66. The number of sulfone groups is 1. The fraction of sp³-hybridized carbons (Fsp3) is 0.188. The van der Waals surface area contributed by atoms with Gasteiger partial charge >= 0.3 is 16.4 Å². The van der Waals surface area contributed by atoms with Crippen LogP contribution in [0.25, 0.3) is 0 Å². The average Bonchev–Trinajstić information content (AvgIpc) is 2.69. The molecule has 2 aromatic rings. The fourth-order valence-electron chi connectivity index (χ4n) is 2.44. The van der Waals surface area contributed by atoms with E-state index in [0.29, 0.717) is 0 Å². The summed E-state index contributed by atoms with van der Waals surface area (Å²) in [6.45, 7) is -0.894. The van der Waals surface area contributed by atoms with Crippen LogP contribution in [-0.2, 0) is 34.5 Å². The molecule has 0 fully saturated rings. The highest BCUT2D eigenvalue weighted by Gasteiger charge is 2.20. The number of nitrogens with one attached hydrogen (secondary N) is 1. The monoisotopic (exact) mass is 523 g/mol. The van der Waals surface area contributed by atoms with Gasteiger partial charge < -0.3 is 10.4 Å². The SMILES string of the molecule is CNc1ccc(N=Nc2cc(S(=O)(=O)CCOS(=O)(=O)O)ccc2C(=O)O)cc1S(=O)(=O)O. The molecule has 0 heterocycles. The first-order valence-corrected chi connectivity index (χ1v) is 13.0. The van der Waals surface area contributed by atoms with E-state index in [-0.39, 0.29) is 11.4 Å². The number of hydrogen-bond donors (Lipinski definition) is 4. The molecule has 14 nitrogen and oxygen atoms in total. The van der Waals surface area contributed by atoms with E-state index in [2.05, 4.69) is 19.7 Å². The molecule has 33 heavy (non-hydrogen) atoms. The van der Waals surface area contributed by atoms with Gasteiger partial charge in [-0.2, -0.15) is 21.9 Å². The highest BCUT2D eigenvalue weighted by molar-refractivity contribution is 7.91. The summed E-state index contributed by atoms with van der Waals surface area (Å²) in [4.78, 5) is 10.5. The molecule has 0 saturated carbocycles. The third kappa shape index (κ3) is 7.27. The molecule has 2 aromatic carbocycles. The number of carboxylic acid groups (broad SMARTS) is 1. The van der Waals surface area contributed by atoms with E-state index in [0.717, 1.165) is 24.3 Å². The molecule has 0 aliphatic rings. The molecule has 0 unspecified atom stereocenters. The van der Waals surface area contributed by atoms with Gasteiger partial charge in [0.2, 0.25) is 0 Å². The Morgan fingerprint density at radius 2 is 1.67 bits per heavy atom. The van der Waals surface area contributed by atoms with Crippen molar-refractivity contribution in [2.75, 3.05) is 24.7 Å². The molecular weight excluding hydrogens is 506 g/mol. The predicted molar refractivity (Wildman–Crippen MR) is 113 cm³/mol. The van der Waals surface area contributed by atoms with Crippen LogP contribution in [-0.4, -0.2) is 64.8 Å². The molecular formula is C16H17N3O11S3. The molecule has 0 radical (unpaired) electrons. The van der Waals surface area contributed by atoms with Gasteiger partial charge in [0.05, 0.1) is 34.2 Å². The zero-order chi connectivity index (χ0) is 25.0. The Labute approximate surface area is 188 Å². The van der Waals surface area contributed by atoms with E-state index in [9.17, 15) is 39.7 Å². The average molecular weight is 524 g/mol. The molecule has 0 amide bonds. The van der Waals surface area contributed by atoms with Gasteiger partial charge in [0, 0.05) is 7.05 Å². The molecule has 2 rings (SSSR count). The van der Waals surface area contributed by atoms with E-state index in [1.807, 2.05) is 0 Å². The number of benzene rings is 2. The van der Waals surface area contributed by atoms with Gasteiger partial charge in [-0.25, -0.2) is 17.4 Å². The highest BCUT2D eigenvalue weighted by atomic mass is 32.3. The van der Waals surface area contributed by atoms with E-state index in [1.54, 1.807) is 0 Å². The van der Waals surface area contributed by atoms with Crippen molar-refractivity contribution in [3.05, 3.63) is 42.0 Å². The number of azo groups is 1. The van der Waals surface area contributed by atoms with Gasteiger partial charge in [-0.05, 0) is 36.4 Å². The first-order chi connectivity index (χ1) is 15.1. The van der Waals surface area contributed by atoms with Gasteiger partial charge in [0.1, 0.15) is 10.6 Å². The normalized spacial score (nSPS) is 12.7. The summed E-state index contributed by atoms with van der Waals surface area (Å²) in [5.41, 5.74) is -0.894. The Morgan fingerprint density at radius 1 is 1.00 bits per heavy atom. The minimum Gasteiger partial charge on any atom is -0.478 e. The Balaban J connectivity index is 2.46. The second-order valence-corrected chi connectivity index (χ2v) is 10.7. The summed E-state index contributed by atoms with van der Waals surface area (Å²) in [7, 11) is -12.2. The lowest BCUT2D eigenvalue weighted by molar-refractivity contribution is 0.0697. The van der Waals surface area contributed by atoms with Crippen LogP contribution in [0.5, 0.6) is 0 Å². The quantitative estimate of drug-likeness (QED) is 0.258. The largest absolute Gasteiger partial charge is 0.478 e. The van der Waals surface area contributed by atoms with Crippen LogP contribution in [0, 0.1) is 0 Å². The molecule has 4 N–H and O–H groups in total. The molecule has 0 bridgehead atoms. The zero-order valence-corrected chi connectivity index (χ0v) is 19.1. The number of aromatic carboxylic acids is 1. The van der Waals surface area contributed by atoms with E-state index in [1.165, 1.54) is 19.2 Å². The van der Waals surface area contributed by atoms with E-state index in [4.69, 9.17) is 4.55 Å². The second kappa shape index (κ2) is 9.89. The Kier molecular flexibility index (Phi) is 7.88. The van der Waals surface area contributed by atoms with E-state index >= 15 is 0 Å².